The molecule has 0 spiro atoms. The van der Waals surface area contributed by atoms with Crippen molar-refractivity contribution in [1.82, 2.24) is 19.8 Å². The summed E-state index contributed by atoms with van der Waals surface area (Å²) < 4.78 is 21.3. The van der Waals surface area contributed by atoms with E-state index in [0.717, 1.165) is 5.82 Å². The summed E-state index contributed by atoms with van der Waals surface area (Å²) in [5, 5.41) is 13.0. The van der Waals surface area contributed by atoms with Gasteiger partial charge in [-0.2, -0.15) is 4.52 Å². The van der Waals surface area contributed by atoms with Crippen molar-refractivity contribution in [1.29, 1.82) is 0 Å². The molecule has 0 bridgehead atoms. The van der Waals surface area contributed by atoms with Gasteiger partial charge in [0.05, 0.1) is 11.6 Å². The molecule has 130 valence electrons. The van der Waals surface area contributed by atoms with Crippen molar-refractivity contribution < 1.29 is 9.13 Å². The fourth-order valence-electron chi connectivity index (χ4n) is 2.89. The van der Waals surface area contributed by atoms with Crippen LogP contribution >= 0.6 is 23.2 Å². The van der Waals surface area contributed by atoms with Crippen molar-refractivity contribution >= 4 is 34.7 Å². The number of anilines is 1. The zero-order valence-corrected chi connectivity index (χ0v) is 14.8. The summed E-state index contributed by atoms with van der Waals surface area (Å²) in [5.41, 5.74) is 1.27. The number of ether oxygens (including phenoxy) is 1. The van der Waals surface area contributed by atoms with E-state index in [1.807, 2.05) is 19.1 Å². The number of rotatable bonds is 2. The van der Waals surface area contributed by atoms with Crippen molar-refractivity contribution in [2.75, 3.05) is 24.6 Å². The molecule has 1 aliphatic heterocycles. The summed E-state index contributed by atoms with van der Waals surface area (Å²) in [4.78, 5) is 2.07. The van der Waals surface area contributed by atoms with E-state index >= 15 is 0 Å². The minimum atomic E-state index is -0.513. The Balaban J connectivity index is 1.64. The van der Waals surface area contributed by atoms with Crippen LogP contribution in [0.2, 0.25) is 10.0 Å². The molecular weight excluding hydrogens is 368 g/mol. The van der Waals surface area contributed by atoms with Gasteiger partial charge in [0.1, 0.15) is 17.7 Å². The van der Waals surface area contributed by atoms with Gasteiger partial charge in [-0.15, -0.1) is 15.3 Å². The number of nitrogens with zero attached hydrogens (tertiary/aromatic N) is 5. The van der Waals surface area contributed by atoms with Gasteiger partial charge >= 0.3 is 0 Å². The monoisotopic (exact) mass is 381 g/mol. The van der Waals surface area contributed by atoms with E-state index in [-0.39, 0.29) is 11.1 Å². The largest absolute Gasteiger partial charge is 0.370 e. The Hall–Kier alpha value is -1.96. The summed E-state index contributed by atoms with van der Waals surface area (Å²) in [7, 11) is 0. The maximum absolute atomic E-state index is 13.8. The molecule has 6 nitrogen and oxygen atoms in total. The van der Waals surface area contributed by atoms with Crippen molar-refractivity contribution in [3.05, 3.63) is 51.5 Å². The van der Waals surface area contributed by atoms with Crippen LogP contribution in [0.15, 0.2) is 24.3 Å². The molecule has 1 aliphatic rings. The van der Waals surface area contributed by atoms with Gasteiger partial charge < -0.3 is 9.64 Å². The highest BCUT2D eigenvalue weighted by molar-refractivity contribution is 6.35. The Morgan fingerprint density at radius 3 is 2.88 bits per heavy atom. The second kappa shape index (κ2) is 6.40. The minimum Gasteiger partial charge on any atom is -0.370 e. The van der Waals surface area contributed by atoms with E-state index in [1.165, 1.54) is 12.1 Å². The van der Waals surface area contributed by atoms with Crippen LogP contribution in [-0.4, -0.2) is 39.5 Å². The van der Waals surface area contributed by atoms with Gasteiger partial charge in [0.15, 0.2) is 11.5 Å². The van der Waals surface area contributed by atoms with E-state index in [0.29, 0.717) is 41.8 Å². The van der Waals surface area contributed by atoms with Crippen molar-refractivity contribution in [2.45, 2.75) is 13.0 Å². The number of morpholine rings is 1. The molecule has 2 aromatic heterocycles. The molecule has 9 heteroatoms. The van der Waals surface area contributed by atoms with E-state index in [4.69, 9.17) is 27.9 Å². The number of hydrogen-bond acceptors (Lipinski definition) is 5. The molecular formula is C16H14Cl2FN5O. The number of aryl methyl sites for hydroxylation is 1. The van der Waals surface area contributed by atoms with Crippen molar-refractivity contribution in [2.24, 2.45) is 0 Å². The Morgan fingerprint density at radius 2 is 2.04 bits per heavy atom. The molecule has 1 aromatic carbocycles. The zero-order valence-electron chi connectivity index (χ0n) is 13.3. The first-order valence-electron chi connectivity index (χ1n) is 7.73. The average Bonchev–Trinajstić information content (AvgIpc) is 2.99. The van der Waals surface area contributed by atoms with Crippen LogP contribution in [0.4, 0.5) is 10.2 Å². The van der Waals surface area contributed by atoms with E-state index < -0.39 is 5.82 Å². The molecule has 0 amide bonds. The molecule has 1 unspecified atom stereocenters. The molecule has 4 rings (SSSR count). The third kappa shape index (κ3) is 3.03. The molecule has 0 saturated carbocycles. The van der Waals surface area contributed by atoms with Crippen LogP contribution < -0.4 is 4.90 Å². The first-order valence-corrected chi connectivity index (χ1v) is 8.48. The smallest absolute Gasteiger partial charge is 0.178 e. The predicted octanol–water partition coefficient (Wildman–Crippen LogP) is 3.46. The topological polar surface area (TPSA) is 55.5 Å². The van der Waals surface area contributed by atoms with Crippen molar-refractivity contribution in [3.8, 4) is 0 Å². The number of hydrogen-bond donors (Lipinski definition) is 0. The Kier molecular flexibility index (Phi) is 4.23. The lowest BCUT2D eigenvalue weighted by Gasteiger charge is -2.34. The first-order chi connectivity index (χ1) is 12.0. The molecule has 0 aliphatic carbocycles. The Bertz CT molecular complexity index is 948. The number of fused-ring (bicyclic) bond motifs is 1. The molecule has 25 heavy (non-hydrogen) atoms. The normalized spacial score (nSPS) is 18.1. The van der Waals surface area contributed by atoms with Gasteiger partial charge in [-0.1, -0.05) is 23.2 Å². The molecule has 0 radical (unpaired) electrons. The van der Waals surface area contributed by atoms with Crippen LogP contribution in [0.1, 0.15) is 17.5 Å². The third-order valence-electron chi connectivity index (χ3n) is 4.18. The average molecular weight is 382 g/mol. The molecule has 3 aromatic rings. The zero-order chi connectivity index (χ0) is 17.6. The first kappa shape index (κ1) is 16.5. The van der Waals surface area contributed by atoms with Crippen LogP contribution in [0, 0.1) is 12.7 Å². The number of halogens is 3. The molecule has 1 fully saturated rings. The second-order valence-corrected chi connectivity index (χ2v) is 6.62. The third-order valence-corrected chi connectivity index (χ3v) is 4.80. The number of aromatic nitrogens is 4. The molecule has 1 saturated heterocycles. The second-order valence-electron chi connectivity index (χ2n) is 5.80. The SMILES string of the molecule is Cc1nnc2ccc(N3CCOC(c4cc(F)c(Cl)cc4Cl)C3)nn12. The molecule has 0 N–H and O–H groups in total. The number of benzene rings is 1. The lowest BCUT2D eigenvalue weighted by atomic mass is 10.1. The summed E-state index contributed by atoms with van der Waals surface area (Å²) in [5.74, 6) is 0.972. The standard InChI is InChI=1S/C16H14Cl2FN5O/c1-9-20-21-15-2-3-16(22-24(9)15)23-4-5-25-14(8-23)10-6-13(19)12(18)7-11(10)17/h2-3,6-7,14H,4-5,8H2,1H3. The van der Waals surface area contributed by atoms with E-state index in [9.17, 15) is 4.39 Å². The maximum atomic E-state index is 13.8. The summed E-state index contributed by atoms with van der Waals surface area (Å²) in [6.07, 6.45) is -0.368. The summed E-state index contributed by atoms with van der Waals surface area (Å²) in [6.45, 7) is 3.49. The van der Waals surface area contributed by atoms with E-state index in [1.54, 1.807) is 4.52 Å². The van der Waals surface area contributed by atoms with Crippen LogP contribution in [0.5, 0.6) is 0 Å². The van der Waals surface area contributed by atoms with Gasteiger partial charge in [0.2, 0.25) is 0 Å². The van der Waals surface area contributed by atoms with Gasteiger partial charge in [-0.25, -0.2) is 4.39 Å². The fraction of sp³-hybridized carbons (Fsp3) is 0.312. The van der Waals surface area contributed by atoms with Gasteiger partial charge in [-0.05, 0) is 31.2 Å². The fourth-order valence-corrected chi connectivity index (χ4v) is 3.39. The van der Waals surface area contributed by atoms with Gasteiger partial charge in [0.25, 0.3) is 0 Å². The van der Waals surface area contributed by atoms with Crippen LogP contribution in [-0.2, 0) is 4.74 Å². The highest BCUT2D eigenvalue weighted by Gasteiger charge is 2.26. The quantitative estimate of drug-likeness (QED) is 0.636. The van der Waals surface area contributed by atoms with Crippen LogP contribution in [0.25, 0.3) is 5.65 Å². The molecule has 3 heterocycles. The Labute approximate surface area is 153 Å². The maximum Gasteiger partial charge on any atom is 0.178 e. The Morgan fingerprint density at radius 1 is 1.20 bits per heavy atom. The lowest BCUT2D eigenvalue weighted by molar-refractivity contribution is 0.0393. The van der Waals surface area contributed by atoms with Crippen molar-refractivity contribution in [3.63, 3.8) is 0 Å². The van der Waals surface area contributed by atoms with E-state index in [2.05, 4.69) is 20.2 Å². The van der Waals surface area contributed by atoms with Crippen LogP contribution in [0.3, 0.4) is 0 Å². The minimum absolute atomic E-state index is 0.00313. The highest BCUT2D eigenvalue weighted by atomic mass is 35.5. The molecule has 1 atom stereocenters. The van der Waals surface area contributed by atoms with Gasteiger partial charge in [-0.3, -0.25) is 0 Å². The predicted molar refractivity (Wildman–Crippen MR) is 92.8 cm³/mol. The highest BCUT2D eigenvalue weighted by Crippen LogP contribution is 2.33. The lowest BCUT2D eigenvalue weighted by Crippen LogP contribution is -2.39. The summed E-state index contributed by atoms with van der Waals surface area (Å²) in [6, 6.07) is 6.48. The summed E-state index contributed by atoms with van der Waals surface area (Å²) >= 11 is 12.0. The van der Waals surface area contributed by atoms with Gasteiger partial charge in [0, 0.05) is 23.7 Å².